The maximum Gasteiger partial charge on any atom is 0.269 e. The van der Waals surface area contributed by atoms with Crippen LogP contribution in [-0.2, 0) is 0 Å². The van der Waals surface area contributed by atoms with E-state index in [0.29, 0.717) is 5.56 Å². The van der Waals surface area contributed by atoms with Gasteiger partial charge < -0.3 is 4.90 Å². The standard InChI is InChI=1S/C18H23N3O3/c22-18(14-3-5-16(6-4-14)21(23)24)20-9-7-19(8-10-20)17-12-13-1-2-15(17)11-13/h3-6,13,15,17H,1-2,7-12H2/t13-,15-,17-/m0/s1. The van der Waals surface area contributed by atoms with Crippen LogP contribution in [0.2, 0.25) is 0 Å². The summed E-state index contributed by atoms with van der Waals surface area (Å²) in [6.07, 6.45) is 5.56. The molecule has 3 fully saturated rings. The number of benzene rings is 1. The molecule has 0 aromatic heterocycles. The molecule has 0 unspecified atom stereocenters. The van der Waals surface area contributed by atoms with Crippen LogP contribution in [0.4, 0.5) is 5.69 Å². The third kappa shape index (κ3) is 2.79. The topological polar surface area (TPSA) is 66.7 Å². The van der Waals surface area contributed by atoms with Crippen molar-refractivity contribution < 1.29 is 9.72 Å². The van der Waals surface area contributed by atoms with E-state index in [1.807, 2.05) is 4.90 Å². The lowest BCUT2D eigenvalue weighted by Crippen LogP contribution is -2.53. The van der Waals surface area contributed by atoms with Crippen LogP contribution >= 0.6 is 0 Å². The summed E-state index contributed by atoms with van der Waals surface area (Å²) < 4.78 is 0. The Balaban J connectivity index is 1.35. The predicted molar refractivity (Wildman–Crippen MR) is 89.8 cm³/mol. The fourth-order valence-corrected chi connectivity index (χ4v) is 4.82. The first-order valence-electron chi connectivity index (χ1n) is 8.89. The molecule has 24 heavy (non-hydrogen) atoms. The summed E-state index contributed by atoms with van der Waals surface area (Å²) >= 11 is 0. The number of carbonyl (C=O) groups is 1. The molecule has 0 radical (unpaired) electrons. The van der Waals surface area contributed by atoms with E-state index in [-0.39, 0.29) is 11.6 Å². The average Bonchev–Trinajstić information content (AvgIpc) is 3.25. The van der Waals surface area contributed by atoms with Crippen LogP contribution in [0.15, 0.2) is 24.3 Å². The molecule has 128 valence electrons. The quantitative estimate of drug-likeness (QED) is 0.631. The van der Waals surface area contributed by atoms with Gasteiger partial charge in [0.25, 0.3) is 11.6 Å². The van der Waals surface area contributed by atoms with Crippen molar-refractivity contribution in [3.05, 3.63) is 39.9 Å². The first kappa shape index (κ1) is 15.6. The molecule has 1 saturated heterocycles. The Morgan fingerprint density at radius 1 is 1.04 bits per heavy atom. The molecule has 4 rings (SSSR count). The average molecular weight is 329 g/mol. The Kier molecular flexibility index (Phi) is 4.00. The monoisotopic (exact) mass is 329 g/mol. The number of piperazine rings is 1. The molecule has 1 heterocycles. The molecule has 1 aliphatic heterocycles. The van der Waals surface area contributed by atoms with Crippen LogP contribution in [0.3, 0.4) is 0 Å². The molecule has 2 aliphatic carbocycles. The number of non-ortho nitro benzene ring substituents is 1. The van der Waals surface area contributed by atoms with Gasteiger partial charge in [0, 0.05) is 49.9 Å². The maximum absolute atomic E-state index is 12.6. The highest BCUT2D eigenvalue weighted by molar-refractivity contribution is 5.94. The molecule has 1 aromatic carbocycles. The minimum absolute atomic E-state index is 0.0162. The van der Waals surface area contributed by atoms with Crippen LogP contribution < -0.4 is 0 Å². The van der Waals surface area contributed by atoms with Gasteiger partial charge in [0.15, 0.2) is 0 Å². The van der Waals surface area contributed by atoms with E-state index in [4.69, 9.17) is 0 Å². The van der Waals surface area contributed by atoms with E-state index in [1.54, 1.807) is 12.1 Å². The van der Waals surface area contributed by atoms with Crippen LogP contribution in [0.1, 0.15) is 36.0 Å². The lowest BCUT2D eigenvalue weighted by Gasteiger charge is -2.41. The summed E-state index contributed by atoms with van der Waals surface area (Å²) in [7, 11) is 0. The number of nitro benzene ring substituents is 1. The molecule has 6 nitrogen and oxygen atoms in total. The normalized spacial score (nSPS) is 29.8. The fourth-order valence-electron chi connectivity index (χ4n) is 4.82. The molecule has 3 atom stereocenters. The second-order valence-electron chi connectivity index (χ2n) is 7.37. The van der Waals surface area contributed by atoms with Crippen LogP contribution in [0.25, 0.3) is 0 Å². The van der Waals surface area contributed by atoms with Gasteiger partial charge in [0.1, 0.15) is 0 Å². The Morgan fingerprint density at radius 3 is 2.29 bits per heavy atom. The van der Waals surface area contributed by atoms with Gasteiger partial charge >= 0.3 is 0 Å². The van der Waals surface area contributed by atoms with Gasteiger partial charge in [0.2, 0.25) is 0 Å². The Hall–Kier alpha value is -1.95. The van der Waals surface area contributed by atoms with Gasteiger partial charge in [-0.05, 0) is 43.2 Å². The molecular weight excluding hydrogens is 306 g/mol. The van der Waals surface area contributed by atoms with E-state index < -0.39 is 4.92 Å². The Morgan fingerprint density at radius 2 is 1.75 bits per heavy atom. The third-order valence-corrected chi connectivity index (χ3v) is 6.10. The summed E-state index contributed by atoms with van der Waals surface area (Å²) in [5.74, 6) is 1.81. The minimum Gasteiger partial charge on any atom is -0.336 e. The van der Waals surface area contributed by atoms with Crippen molar-refractivity contribution in [3.8, 4) is 0 Å². The van der Waals surface area contributed by atoms with Crippen molar-refractivity contribution in [2.75, 3.05) is 26.2 Å². The molecule has 3 aliphatic rings. The number of hydrogen-bond donors (Lipinski definition) is 0. The first-order chi connectivity index (χ1) is 11.6. The zero-order valence-electron chi connectivity index (χ0n) is 13.8. The molecule has 6 heteroatoms. The van der Waals surface area contributed by atoms with E-state index >= 15 is 0 Å². The van der Waals surface area contributed by atoms with E-state index in [9.17, 15) is 14.9 Å². The molecule has 1 amide bonds. The van der Waals surface area contributed by atoms with Crippen LogP contribution in [0, 0.1) is 22.0 Å². The van der Waals surface area contributed by atoms with Gasteiger partial charge in [-0.2, -0.15) is 0 Å². The van der Waals surface area contributed by atoms with Crippen molar-refractivity contribution in [3.63, 3.8) is 0 Å². The molecular formula is C18H23N3O3. The molecule has 2 saturated carbocycles. The smallest absolute Gasteiger partial charge is 0.269 e. The van der Waals surface area contributed by atoms with Crippen molar-refractivity contribution in [2.24, 2.45) is 11.8 Å². The summed E-state index contributed by atoms with van der Waals surface area (Å²) in [6, 6.07) is 6.66. The lowest BCUT2D eigenvalue weighted by atomic mass is 9.93. The van der Waals surface area contributed by atoms with Gasteiger partial charge in [0.05, 0.1) is 4.92 Å². The highest BCUT2D eigenvalue weighted by Crippen LogP contribution is 2.46. The van der Waals surface area contributed by atoms with Crippen molar-refractivity contribution in [1.82, 2.24) is 9.80 Å². The largest absolute Gasteiger partial charge is 0.336 e. The zero-order chi connectivity index (χ0) is 16.7. The zero-order valence-corrected chi connectivity index (χ0v) is 13.8. The number of nitro groups is 1. The number of nitrogens with zero attached hydrogens (tertiary/aromatic N) is 3. The lowest BCUT2D eigenvalue weighted by molar-refractivity contribution is -0.384. The first-order valence-corrected chi connectivity index (χ1v) is 8.89. The Labute approximate surface area is 141 Å². The van der Waals surface area contributed by atoms with Gasteiger partial charge in [-0.1, -0.05) is 6.42 Å². The summed E-state index contributed by atoms with van der Waals surface area (Å²) in [6.45, 7) is 3.41. The summed E-state index contributed by atoms with van der Waals surface area (Å²) in [5, 5.41) is 10.7. The van der Waals surface area contributed by atoms with E-state index in [2.05, 4.69) is 4.90 Å². The van der Waals surface area contributed by atoms with Crippen LogP contribution in [-0.4, -0.2) is 52.9 Å². The number of carbonyl (C=O) groups excluding carboxylic acids is 1. The summed E-state index contributed by atoms with van der Waals surface area (Å²) in [5.41, 5.74) is 0.557. The third-order valence-electron chi connectivity index (χ3n) is 6.10. The van der Waals surface area contributed by atoms with E-state index in [1.165, 1.54) is 37.8 Å². The molecule has 0 spiro atoms. The highest BCUT2D eigenvalue weighted by atomic mass is 16.6. The van der Waals surface area contributed by atoms with Gasteiger partial charge in [-0.25, -0.2) is 0 Å². The van der Waals surface area contributed by atoms with Crippen LogP contribution in [0.5, 0.6) is 0 Å². The second-order valence-corrected chi connectivity index (χ2v) is 7.37. The fraction of sp³-hybridized carbons (Fsp3) is 0.611. The molecule has 2 bridgehead atoms. The second kappa shape index (κ2) is 6.16. The van der Waals surface area contributed by atoms with Gasteiger partial charge in [-0.3, -0.25) is 19.8 Å². The number of amides is 1. The van der Waals surface area contributed by atoms with Crippen molar-refractivity contribution >= 4 is 11.6 Å². The predicted octanol–water partition coefficient (Wildman–Crippen LogP) is 2.54. The highest BCUT2D eigenvalue weighted by Gasteiger charge is 2.42. The number of rotatable bonds is 3. The number of fused-ring (bicyclic) bond motifs is 2. The summed E-state index contributed by atoms with van der Waals surface area (Å²) in [4.78, 5) is 27.3. The maximum atomic E-state index is 12.6. The Bertz CT molecular complexity index is 637. The number of hydrogen-bond acceptors (Lipinski definition) is 4. The van der Waals surface area contributed by atoms with Gasteiger partial charge in [-0.15, -0.1) is 0 Å². The van der Waals surface area contributed by atoms with Crippen molar-refractivity contribution in [2.45, 2.75) is 31.7 Å². The molecule has 1 aromatic rings. The minimum atomic E-state index is -0.442. The van der Waals surface area contributed by atoms with E-state index in [0.717, 1.165) is 44.1 Å². The SMILES string of the molecule is O=C(c1ccc([N+](=O)[O-])cc1)N1CCN([C@H]2C[C@H]3CC[C@H]2C3)CC1. The molecule has 0 N–H and O–H groups in total. The van der Waals surface area contributed by atoms with Crippen molar-refractivity contribution in [1.29, 1.82) is 0 Å².